The first-order chi connectivity index (χ1) is 3.72. The van der Waals surface area contributed by atoms with Crippen molar-refractivity contribution in [2.75, 3.05) is 13.1 Å². The summed E-state index contributed by atoms with van der Waals surface area (Å²) in [6, 6.07) is 0. The van der Waals surface area contributed by atoms with E-state index in [2.05, 4.69) is 26.5 Å². The number of nitrogens with zero attached hydrogens (tertiary/aromatic N) is 1. The average Bonchev–Trinajstić information content (AvgIpc) is 1.69. The Morgan fingerprint density at radius 2 is 1.80 bits per heavy atom. The van der Waals surface area contributed by atoms with Crippen molar-refractivity contribution in [2.24, 2.45) is 0 Å². The maximum absolute atomic E-state index is 4.81. The van der Waals surface area contributed by atoms with Crippen molar-refractivity contribution in [3.63, 3.8) is 0 Å². The molecule has 0 amide bonds. The van der Waals surface area contributed by atoms with Crippen LogP contribution in [-0.2, 0) is 0 Å². The minimum absolute atomic E-state index is 0. The molecule has 0 aromatic rings. The third-order valence-electron chi connectivity index (χ3n) is 1.03. The van der Waals surface area contributed by atoms with Crippen LogP contribution < -0.4 is 29.6 Å². The molecule has 0 fully saturated rings. The van der Waals surface area contributed by atoms with E-state index >= 15 is 0 Å². The second kappa shape index (κ2) is 11.2. The Labute approximate surface area is 118 Å². The summed E-state index contributed by atoms with van der Waals surface area (Å²) in [5.74, 6) is 0. The number of thiol groups is 1. The van der Waals surface area contributed by atoms with E-state index in [1.54, 1.807) is 0 Å². The third-order valence-corrected chi connectivity index (χ3v) is 1.58. The summed E-state index contributed by atoms with van der Waals surface area (Å²) in [4.78, 5) is 2.01. The van der Waals surface area contributed by atoms with E-state index in [1.165, 1.54) is 0 Å². The SMILES string of the molecule is CCN(CC)C(=S)S.[H-].[Na+].[PbH2]. The van der Waals surface area contributed by atoms with Gasteiger partial charge in [-0.25, -0.2) is 0 Å². The molecule has 0 atom stereocenters. The van der Waals surface area contributed by atoms with Gasteiger partial charge in [0.25, 0.3) is 0 Å². The zero-order valence-electron chi connectivity index (χ0n) is 7.92. The van der Waals surface area contributed by atoms with Crippen molar-refractivity contribution in [2.45, 2.75) is 13.8 Å². The molecule has 1 nitrogen and oxygen atoms in total. The van der Waals surface area contributed by atoms with E-state index in [1.807, 2.05) is 4.90 Å². The number of hydrogen-bond acceptors (Lipinski definition) is 1. The number of thiocarbonyl (C=S) groups is 1. The van der Waals surface area contributed by atoms with Gasteiger partial charge in [-0.05, 0) is 13.8 Å². The topological polar surface area (TPSA) is 3.24 Å². The second-order valence-corrected chi connectivity index (χ2v) is 2.57. The van der Waals surface area contributed by atoms with Crippen LogP contribution in [0, 0.1) is 0 Å². The summed E-state index contributed by atoms with van der Waals surface area (Å²) in [6.45, 7) is 6.04. The van der Waals surface area contributed by atoms with Gasteiger partial charge in [0.15, 0.2) is 0 Å². The Morgan fingerprint density at radius 1 is 1.50 bits per heavy atom. The fourth-order valence-electron chi connectivity index (χ4n) is 0.494. The molecule has 0 aromatic heterocycles. The molecule has 0 aliphatic carbocycles. The van der Waals surface area contributed by atoms with Crippen LogP contribution in [0.5, 0.6) is 0 Å². The van der Waals surface area contributed by atoms with Gasteiger partial charge in [-0.3, -0.25) is 0 Å². The number of rotatable bonds is 2. The van der Waals surface area contributed by atoms with Gasteiger partial charge in [0, 0.05) is 13.1 Å². The molecule has 0 aliphatic rings. The van der Waals surface area contributed by atoms with Crippen LogP contribution >= 0.6 is 24.8 Å². The van der Waals surface area contributed by atoms with Crippen molar-refractivity contribution in [3.8, 4) is 0 Å². The van der Waals surface area contributed by atoms with Crippen LogP contribution in [0.2, 0.25) is 0 Å². The summed E-state index contributed by atoms with van der Waals surface area (Å²) in [7, 11) is 0. The molecular formula is C5H14NNaPbS2. The Balaban J connectivity index is -0.0000000817. The molecular weight excluding hydrogens is 368 g/mol. The van der Waals surface area contributed by atoms with Crippen LogP contribution in [0.3, 0.4) is 0 Å². The monoisotopic (exact) mass is 383 g/mol. The van der Waals surface area contributed by atoms with Crippen molar-refractivity contribution in [1.29, 1.82) is 0 Å². The van der Waals surface area contributed by atoms with Gasteiger partial charge >= 0.3 is 56.9 Å². The number of hydrogen-bond donors (Lipinski definition) is 1. The van der Waals surface area contributed by atoms with E-state index in [9.17, 15) is 0 Å². The Morgan fingerprint density at radius 3 is 1.80 bits per heavy atom. The second-order valence-electron chi connectivity index (χ2n) is 1.45. The van der Waals surface area contributed by atoms with Crippen molar-refractivity contribution in [1.82, 2.24) is 4.90 Å². The standard InChI is InChI=1S/C5H11NS2.Na.Pb.3H/c1-3-6(4-2)5(7)8;;;;;/h3-4H2,1-2H3,(H,7,8);;;;;/q;+1;;;;-1. The Bertz CT molecular complexity index is 92.6. The van der Waals surface area contributed by atoms with Crippen molar-refractivity contribution in [3.05, 3.63) is 0 Å². The van der Waals surface area contributed by atoms with Crippen molar-refractivity contribution < 1.29 is 31.0 Å². The molecule has 5 heteroatoms. The Kier molecular flexibility index (Phi) is 20.1. The summed E-state index contributed by atoms with van der Waals surface area (Å²) in [5.41, 5.74) is 0. The van der Waals surface area contributed by atoms with Gasteiger partial charge in [0.05, 0.1) is 0 Å². The zero-order valence-corrected chi connectivity index (χ0v) is 16.1. The predicted molar refractivity (Wildman–Crippen MR) is 54.2 cm³/mol. The summed E-state index contributed by atoms with van der Waals surface area (Å²) in [6.07, 6.45) is 0. The molecule has 2 radical (unpaired) electrons. The minimum atomic E-state index is 0. The van der Waals surface area contributed by atoms with E-state index in [0.29, 0.717) is 4.32 Å². The van der Waals surface area contributed by atoms with Crippen molar-refractivity contribution >= 4 is 56.5 Å². The molecule has 0 rings (SSSR count). The molecule has 0 N–H and O–H groups in total. The average molecular weight is 382 g/mol. The van der Waals surface area contributed by atoms with E-state index in [4.69, 9.17) is 12.2 Å². The molecule has 56 valence electrons. The molecule has 0 aliphatic heterocycles. The molecule has 0 bridgehead atoms. The molecule has 0 saturated carbocycles. The Hall–Kier alpha value is 2.16. The van der Waals surface area contributed by atoms with Gasteiger partial charge in [-0.1, -0.05) is 12.2 Å². The normalized spacial score (nSPS) is 7.10. The van der Waals surface area contributed by atoms with E-state index < -0.39 is 0 Å². The molecule has 0 aromatic carbocycles. The van der Waals surface area contributed by atoms with E-state index in [0.717, 1.165) is 13.1 Å². The van der Waals surface area contributed by atoms with Crippen LogP contribution in [0.4, 0.5) is 0 Å². The van der Waals surface area contributed by atoms with Gasteiger partial charge in [0.1, 0.15) is 4.32 Å². The fourth-order valence-corrected chi connectivity index (χ4v) is 1.04. The van der Waals surface area contributed by atoms with Gasteiger partial charge < -0.3 is 6.33 Å². The zero-order chi connectivity index (χ0) is 6.57. The predicted octanol–water partition coefficient (Wildman–Crippen LogP) is -2.26. The molecule has 0 heterocycles. The van der Waals surface area contributed by atoms with E-state index in [-0.39, 0.29) is 58.3 Å². The van der Waals surface area contributed by atoms with Crippen LogP contribution in [-0.4, -0.2) is 49.6 Å². The quantitative estimate of drug-likeness (QED) is 0.326. The molecule has 0 spiro atoms. The summed E-state index contributed by atoms with van der Waals surface area (Å²) >= 11 is 8.82. The maximum atomic E-state index is 4.81. The fraction of sp³-hybridized carbons (Fsp3) is 0.800. The van der Waals surface area contributed by atoms with Gasteiger partial charge in [0.2, 0.25) is 0 Å². The third kappa shape index (κ3) is 8.26. The van der Waals surface area contributed by atoms with Gasteiger partial charge in [-0.2, -0.15) is 0 Å². The molecule has 10 heavy (non-hydrogen) atoms. The summed E-state index contributed by atoms with van der Waals surface area (Å²) in [5, 5.41) is 0. The van der Waals surface area contributed by atoms with Crippen LogP contribution in [0.1, 0.15) is 15.3 Å². The van der Waals surface area contributed by atoms with Crippen LogP contribution in [0.15, 0.2) is 0 Å². The van der Waals surface area contributed by atoms with Gasteiger partial charge in [-0.15, -0.1) is 12.6 Å². The summed E-state index contributed by atoms with van der Waals surface area (Å²) < 4.78 is 0.690. The molecule has 0 unspecified atom stereocenters. The first-order valence-corrected chi connectivity index (χ1v) is 3.55. The first-order valence-electron chi connectivity index (χ1n) is 2.70. The first kappa shape index (κ1) is 18.1. The van der Waals surface area contributed by atoms with Crippen LogP contribution in [0.25, 0.3) is 0 Å². The molecule has 0 saturated heterocycles.